The molecule has 154 valence electrons. The second-order valence-electron chi connectivity index (χ2n) is 6.50. The number of amides is 3. The van der Waals surface area contributed by atoms with Gasteiger partial charge in [0.1, 0.15) is 12.6 Å². The van der Waals surface area contributed by atoms with Crippen LogP contribution < -0.4 is 10.6 Å². The molecule has 0 spiro atoms. The molecule has 2 aromatic rings. The Labute approximate surface area is 163 Å². The topological polar surface area (TPSA) is 91.7 Å². The van der Waals surface area contributed by atoms with Gasteiger partial charge in [0, 0.05) is 17.8 Å². The zero-order valence-electron chi connectivity index (χ0n) is 15.2. The van der Waals surface area contributed by atoms with Crippen molar-refractivity contribution < 1.29 is 32.0 Å². The van der Waals surface area contributed by atoms with Gasteiger partial charge in [-0.2, -0.15) is 13.2 Å². The standard InChI is InChI=1S/C19H18F3N3O4/c20-19(21,22)11-23-16(26)12-4-1-5-13(10-12)24-17(27)14-6-2-8-25(14)18(28)15-7-3-9-29-15/h1,3-5,7,9-10,14H,2,6,8,11H2,(H,23,26)(H,24,27)/t14-/m0/s1. The fourth-order valence-corrected chi connectivity index (χ4v) is 3.07. The van der Waals surface area contributed by atoms with E-state index >= 15 is 0 Å². The quantitative estimate of drug-likeness (QED) is 0.795. The minimum absolute atomic E-state index is 0.0259. The Bertz CT molecular complexity index is 896. The van der Waals surface area contributed by atoms with Crippen LogP contribution in [0.15, 0.2) is 47.1 Å². The van der Waals surface area contributed by atoms with Crippen molar-refractivity contribution in [3.05, 3.63) is 54.0 Å². The summed E-state index contributed by atoms with van der Waals surface area (Å²) in [4.78, 5) is 38.4. The number of halogens is 3. The Morgan fingerprint density at radius 1 is 1.17 bits per heavy atom. The van der Waals surface area contributed by atoms with Crippen molar-refractivity contribution in [1.29, 1.82) is 0 Å². The molecule has 2 N–H and O–H groups in total. The normalized spacial score (nSPS) is 16.5. The van der Waals surface area contributed by atoms with Crippen LogP contribution in [0.2, 0.25) is 0 Å². The Balaban J connectivity index is 1.66. The number of carbonyl (C=O) groups excluding carboxylic acids is 3. The number of alkyl halides is 3. The fraction of sp³-hybridized carbons (Fsp3) is 0.316. The molecule has 0 saturated carbocycles. The molecule has 1 fully saturated rings. The Morgan fingerprint density at radius 3 is 2.66 bits per heavy atom. The van der Waals surface area contributed by atoms with E-state index in [9.17, 15) is 27.6 Å². The van der Waals surface area contributed by atoms with Gasteiger partial charge >= 0.3 is 6.18 Å². The summed E-state index contributed by atoms with van der Waals surface area (Å²) in [6, 6.07) is 7.94. The van der Waals surface area contributed by atoms with Crippen LogP contribution in [0.3, 0.4) is 0 Å². The molecular weight excluding hydrogens is 391 g/mol. The zero-order valence-corrected chi connectivity index (χ0v) is 15.2. The second kappa shape index (κ2) is 8.38. The van der Waals surface area contributed by atoms with Gasteiger partial charge in [0.05, 0.1) is 6.26 Å². The summed E-state index contributed by atoms with van der Waals surface area (Å²) in [5.41, 5.74) is 0.217. The highest BCUT2D eigenvalue weighted by Crippen LogP contribution is 2.22. The third-order valence-corrected chi connectivity index (χ3v) is 4.39. The van der Waals surface area contributed by atoms with Crippen molar-refractivity contribution >= 4 is 23.4 Å². The van der Waals surface area contributed by atoms with Crippen LogP contribution in [0.5, 0.6) is 0 Å². The number of carbonyl (C=O) groups is 3. The molecule has 3 rings (SSSR count). The average molecular weight is 409 g/mol. The first kappa shape index (κ1) is 20.4. The lowest BCUT2D eigenvalue weighted by Gasteiger charge is -2.23. The molecule has 0 aliphatic carbocycles. The number of hydrogen-bond acceptors (Lipinski definition) is 4. The van der Waals surface area contributed by atoms with E-state index in [0.717, 1.165) is 0 Å². The van der Waals surface area contributed by atoms with Crippen LogP contribution >= 0.6 is 0 Å². The number of likely N-dealkylation sites (tertiary alicyclic amines) is 1. The maximum Gasteiger partial charge on any atom is 0.405 e. The molecule has 1 aromatic heterocycles. The molecule has 7 nitrogen and oxygen atoms in total. The third kappa shape index (κ3) is 5.15. The maximum atomic E-state index is 12.7. The first-order valence-electron chi connectivity index (χ1n) is 8.85. The molecule has 0 unspecified atom stereocenters. The van der Waals surface area contributed by atoms with Gasteiger partial charge in [0.15, 0.2) is 5.76 Å². The zero-order chi connectivity index (χ0) is 21.0. The molecule has 1 aromatic carbocycles. The van der Waals surface area contributed by atoms with Crippen LogP contribution in [0.25, 0.3) is 0 Å². The largest absolute Gasteiger partial charge is 0.459 e. The van der Waals surface area contributed by atoms with Gasteiger partial charge < -0.3 is 20.0 Å². The van der Waals surface area contributed by atoms with Crippen molar-refractivity contribution in [2.24, 2.45) is 0 Å². The number of nitrogens with one attached hydrogen (secondary N) is 2. The lowest BCUT2D eigenvalue weighted by atomic mass is 10.1. The van der Waals surface area contributed by atoms with E-state index < -0.39 is 36.5 Å². The minimum atomic E-state index is -4.52. The van der Waals surface area contributed by atoms with E-state index in [2.05, 4.69) is 5.32 Å². The Kier molecular flexibility index (Phi) is 5.90. The van der Waals surface area contributed by atoms with Crippen LogP contribution in [0, 0.1) is 0 Å². The summed E-state index contributed by atoms with van der Waals surface area (Å²) in [5.74, 6) is -1.62. The molecule has 0 bridgehead atoms. The summed E-state index contributed by atoms with van der Waals surface area (Å²) in [5, 5.41) is 4.39. The lowest BCUT2D eigenvalue weighted by Crippen LogP contribution is -2.43. The fourth-order valence-electron chi connectivity index (χ4n) is 3.07. The number of furan rings is 1. The monoisotopic (exact) mass is 409 g/mol. The summed E-state index contributed by atoms with van der Waals surface area (Å²) in [7, 11) is 0. The molecular formula is C19H18F3N3O4. The van der Waals surface area contributed by atoms with E-state index in [0.29, 0.717) is 19.4 Å². The first-order valence-corrected chi connectivity index (χ1v) is 8.85. The number of benzene rings is 1. The summed E-state index contributed by atoms with van der Waals surface area (Å²) < 4.78 is 41.8. The van der Waals surface area contributed by atoms with Crippen LogP contribution in [0.1, 0.15) is 33.8 Å². The summed E-state index contributed by atoms with van der Waals surface area (Å²) >= 11 is 0. The maximum absolute atomic E-state index is 12.7. The van der Waals surface area contributed by atoms with Crippen molar-refractivity contribution in [2.45, 2.75) is 25.1 Å². The van der Waals surface area contributed by atoms with Crippen LogP contribution in [-0.4, -0.2) is 47.9 Å². The van der Waals surface area contributed by atoms with E-state index in [-0.39, 0.29) is 17.0 Å². The number of anilines is 1. The van der Waals surface area contributed by atoms with E-state index in [1.807, 2.05) is 0 Å². The summed E-state index contributed by atoms with van der Waals surface area (Å²) in [6.07, 6.45) is -2.05. The predicted octanol–water partition coefficient (Wildman–Crippen LogP) is 2.82. The molecule has 2 heterocycles. The molecule has 1 saturated heterocycles. The number of rotatable bonds is 5. The number of hydrogen-bond donors (Lipinski definition) is 2. The molecule has 29 heavy (non-hydrogen) atoms. The van der Waals surface area contributed by atoms with Gasteiger partial charge in [-0.05, 0) is 43.2 Å². The van der Waals surface area contributed by atoms with Crippen molar-refractivity contribution in [3.63, 3.8) is 0 Å². The van der Waals surface area contributed by atoms with Gasteiger partial charge in [0.2, 0.25) is 5.91 Å². The molecule has 3 amide bonds. The molecule has 10 heteroatoms. The predicted molar refractivity (Wildman–Crippen MR) is 96.2 cm³/mol. The van der Waals surface area contributed by atoms with Gasteiger partial charge in [0.25, 0.3) is 11.8 Å². The molecule has 1 aliphatic heterocycles. The second-order valence-corrected chi connectivity index (χ2v) is 6.50. The van der Waals surface area contributed by atoms with E-state index in [4.69, 9.17) is 4.42 Å². The van der Waals surface area contributed by atoms with E-state index in [1.165, 1.54) is 41.5 Å². The number of nitrogens with zero attached hydrogens (tertiary/aromatic N) is 1. The van der Waals surface area contributed by atoms with Crippen LogP contribution in [0.4, 0.5) is 18.9 Å². The SMILES string of the molecule is O=C(NCC(F)(F)F)c1cccc(NC(=O)[C@@H]2CCCN2C(=O)c2ccco2)c1. The van der Waals surface area contributed by atoms with Crippen LogP contribution in [-0.2, 0) is 4.79 Å². The van der Waals surface area contributed by atoms with Gasteiger partial charge in [-0.3, -0.25) is 14.4 Å². The van der Waals surface area contributed by atoms with Gasteiger partial charge in [-0.15, -0.1) is 0 Å². The van der Waals surface area contributed by atoms with Gasteiger partial charge in [-0.25, -0.2) is 0 Å². The summed E-state index contributed by atoms with van der Waals surface area (Å²) in [6.45, 7) is -1.05. The molecule has 1 aliphatic rings. The lowest BCUT2D eigenvalue weighted by molar-refractivity contribution is -0.123. The first-order chi connectivity index (χ1) is 13.7. The molecule has 1 atom stereocenters. The van der Waals surface area contributed by atoms with Crippen molar-refractivity contribution in [1.82, 2.24) is 10.2 Å². The highest BCUT2D eigenvalue weighted by Gasteiger charge is 2.35. The minimum Gasteiger partial charge on any atom is -0.459 e. The average Bonchev–Trinajstić information content (AvgIpc) is 3.37. The van der Waals surface area contributed by atoms with Crippen molar-refractivity contribution in [3.8, 4) is 0 Å². The van der Waals surface area contributed by atoms with E-state index in [1.54, 1.807) is 11.4 Å². The molecule has 0 radical (unpaired) electrons. The third-order valence-electron chi connectivity index (χ3n) is 4.39. The smallest absolute Gasteiger partial charge is 0.405 e. The van der Waals surface area contributed by atoms with Gasteiger partial charge in [-0.1, -0.05) is 6.07 Å². The van der Waals surface area contributed by atoms with Crippen molar-refractivity contribution in [2.75, 3.05) is 18.4 Å². The highest BCUT2D eigenvalue weighted by molar-refractivity contribution is 6.01. The Morgan fingerprint density at radius 2 is 1.97 bits per heavy atom. The Hall–Kier alpha value is -3.30. The highest BCUT2D eigenvalue weighted by atomic mass is 19.4.